The van der Waals surface area contributed by atoms with Crippen LogP contribution in [0.25, 0.3) is 0 Å². The monoisotopic (exact) mass is 152 g/mol. The summed E-state index contributed by atoms with van der Waals surface area (Å²) in [4.78, 5) is 0. The van der Waals surface area contributed by atoms with E-state index in [4.69, 9.17) is 0 Å². The third-order valence-electron chi connectivity index (χ3n) is 1.43. The zero-order valence-corrected chi connectivity index (χ0v) is 7.25. The molecule has 0 fully saturated rings. The van der Waals surface area contributed by atoms with Gasteiger partial charge in [0.05, 0.1) is 6.10 Å². The van der Waals surface area contributed by atoms with Gasteiger partial charge in [-0.3, -0.25) is 0 Å². The van der Waals surface area contributed by atoms with Gasteiger partial charge in [-0.25, -0.2) is 0 Å². The molecule has 1 nitrogen and oxygen atoms in total. The second-order valence-corrected chi connectivity index (χ2v) is 2.38. The van der Waals surface area contributed by atoms with Crippen LogP contribution in [0.5, 0.6) is 0 Å². The Bertz CT molecular complexity index is 166. The molecule has 1 heteroatoms. The molecule has 1 atom stereocenters. The molecule has 0 saturated carbocycles. The predicted molar refractivity (Wildman–Crippen MR) is 49.4 cm³/mol. The van der Waals surface area contributed by atoms with E-state index < -0.39 is 6.10 Å². The minimum absolute atomic E-state index is 0.392. The van der Waals surface area contributed by atoms with Gasteiger partial charge in [-0.05, 0) is 18.9 Å². The summed E-state index contributed by atoms with van der Waals surface area (Å²) in [7, 11) is 0. The summed E-state index contributed by atoms with van der Waals surface area (Å²) < 4.78 is 0. The summed E-state index contributed by atoms with van der Waals surface area (Å²) in [5.41, 5.74) is 0.769. The zero-order valence-electron chi connectivity index (χ0n) is 7.25. The van der Waals surface area contributed by atoms with E-state index in [1.165, 1.54) is 0 Å². The quantitative estimate of drug-likeness (QED) is 0.613. The molecule has 0 aliphatic heterocycles. The first kappa shape index (κ1) is 10.2. The molecule has 0 aromatic carbocycles. The van der Waals surface area contributed by atoms with Gasteiger partial charge in [0, 0.05) is 0 Å². The molecule has 0 spiro atoms. The normalized spacial score (nSPS) is 14.5. The van der Waals surface area contributed by atoms with Crippen molar-refractivity contribution < 1.29 is 5.11 Å². The Morgan fingerprint density at radius 3 is 2.64 bits per heavy atom. The second-order valence-electron chi connectivity index (χ2n) is 2.38. The van der Waals surface area contributed by atoms with E-state index in [-0.39, 0.29) is 0 Å². The zero-order chi connectivity index (χ0) is 8.69. The van der Waals surface area contributed by atoms with Crippen LogP contribution in [0.2, 0.25) is 0 Å². The highest BCUT2D eigenvalue weighted by atomic mass is 16.3. The fraction of sp³-hybridized carbons (Fsp3) is 0.400. The second kappa shape index (κ2) is 5.93. The molecule has 1 unspecified atom stereocenters. The number of allylic oxidation sites excluding steroid dienone is 3. The molecule has 0 aliphatic rings. The van der Waals surface area contributed by atoms with Crippen molar-refractivity contribution in [2.75, 3.05) is 0 Å². The van der Waals surface area contributed by atoms with E-state index in [1.54, 1.807) is 0 Å². The molecular formula is C10H16O. The number of aliphatic hydroxyl groups excluding tert-OH is 1. The standard InChI is InChI=1S/C10H16O/c1-4-6-7-8-9(3)10(11)5-2/h4,6-8,10-11H,3,5H2,1-2H3/b6-4-,8-7-. The summed E-state index contributed by atoms with van der Waals surface area (Å²) >= 11 is 0. The Hall–Kier alpha value is -0.820. The van der Waals surface area contributed by atoms with Crippen LogP contribution in [0, 0.1) is 0 Å². The third-order valence-corrected chi connectivity index (χ3v) is 1.43. The Balaban J connectivity index is 3.86. The summed E-state index contributed by atoms with van der Waals surface area (Å²) in [5.74, 6) is 0. The van der Waals surface area contributed by atoms with Gasteiger partial charge >= 0.3 is 0 Å². The maximum Gasteiger partial charge on any atom is 0.0781 e. The number of hydrogen-bond donors (Lipinski definition) is 1. The van der Waals surface area contributed by atoms with Crippen LogP contribution in [-0.2, 0) is 0 Å². The summed E-state index contributed by atoms with van der Waals surface area (Å²) in [5, 5.41) is 9.25. The van der Waals surface area contributed by atoms with Gasteiger partial charge in [0.15, 0.2) is 0 Å². The Morgan fingerprint density at radius 2 is 2.18 bits per heavy atom. The SMILES string of the molecule is C=C(/C=C\C=C/C)C(O)CC. The molecule has 0 aromatic rings. The molecule has 62 valence electrons. The van der Waals surface area contributed by atoms with Crippen molar-refractivity contribution in [3.05, 3.63) is 36.5 Å². The van der Waals surface area contributed by atoms with E-state index in [2.05, 4.69) is 6.58 Å². The number of rotatable bonds is 4. The van der Waals surface area contributed by atoms with Crippen molar-refractivity contribution >= 4 is 0 Å². The molecule has 0 bridgehead atoms. The van der Waals surface area contributed by atoms with Crippen LogP contribution in [0.1, 0.15) is 20.3 Å². The van der Waals surface area contributed by atoms with E-state index >= 15 is 0 Å². The maximum atomic E-state index is 9.25. The minimum atomic E-state index is -0.392. The van der Waals surface area contributed by atoms with Crippen LogP contribution in [0.15, 0.2) is 36.5 Å². The number of hydrogen-bond acceptors (Lipinski definition) is 1. The van der Waals surface area contributed by atoms with Gasteiger partial charge in [-0.2, -0.15) is 0 Å². The molecule has 0 aromatic heterocycles. The van der Waals surface area contributed by atoms with E-state index in [1.807, 2.05) is 38.2 Å². The topological polar surface area (TPSA) is 20.2 Å². The first-order valence-corrected chi connectivity index (χ1v) is 3.88. The van der Waals surface area contributed by atoms with Crippen LogP contribution in [0.3, 0.4) is 0 Å². The lowest BCUT2D eigenvalue weighted by molar-refractivity contribution is 0.211. The summed E-state index contributed by atoms with van der Waals surface area (Å²) in [6, 6.07) is 0. The maximum absolute atomic E-state index is 9.25. The van der Waals surface area contributed by atoms with Crippen molar-refractivity contribution in [1.29, 1.82) is 0 Å². The van der Waals surface area contributed by atoms with Crippen LogP contribution in [-0.4, -0.2) is 11.2 Å². The lowest BCUT2D eigenvalue weighted by Crippen LogP contribution is -2.04. The average Bonchev–Trinajstić information content (AvgIpc) is 2.03. The molecule has 1 N–H and O–H groups in total. The van der Waals surface area contributed by atoms with E-state index in [9.17, 15) is 5.11 Å². The Kier molecular flexibility index (Phi) is 5.49. The van der Waals surface area contributed by atoms with Crippen molar-refractivity contribution in [3.63, 3.8) is 0 Å². The van der Waals surface area contributed by atoms with Crippen LogP contribution < -0.4 is 0 Å². The van der Waals surface area contributed by atoms with Gasteiger partial charge in [0.1, 0.15) is 0 Å². The fourth-order valence-corrected chi connectivity index (χ4v) is 0.664. The lowest BCUT2D eigenvalue weighted by Gasteiger charge is -2.05. The smallest absolute Gasteiger partial charge is 0.0781 e. The highest BCUT2D eigenvalue weighted by molar-refractivity contribution is 5.22. The molecule has 0 rings (SSSR count). The summed E-state index contributed by atoms with van der Waals surface area (Å²) in [6.45, 7) is 7.60. The molecule has 11 heavy (non-hydrogen) atoms. The van der Waals surface area contributed by atoms with Gasteiger partial charge in [0.25, 0.3) is 0 Å². The molecule has 0 saturated heterocycles. The van der Waals surface area contributed by atoms with Crippen LogP contribution >= 0.6 is 0 Å². The highest BCUT2D eigenvalue weighted by Crippen LogP contribution is 2.04. The molecule has 0 aliphatic carbocycles. The van der Waals surface area contributed by atoms with E-state index in [0.717, 1.165) is 12.0 Å². The molecule has 0 radical (unpaired) electrons. The van der Waals surface area contributed by atoms with Crippen molar-refractivity contribution in [3.8, 4) is 0 Å². The van der Waals surface area contributed by atoms with Crippen molar-refractivity contribution in [2.45, 2.75) is 26.4 Å². The third kappa shape index (κ3) is 4.57. The molecule has 0 heterocycles. The Morgan fingerprint density at radius 1 is 1.55 bits per heavy atom. The average molecular weight is 152 g/mol. The van der Waals surface area contributed by atoms with Crippen molar-refractivity contribution in [1.82, 2.24) is 0 Å². The lowest BCUT2D eigenvalue weighted by atomic mass is 10.1. The van der Waals surface area contributed by atoms with Crippen molar-refractivity contribution in [2.24, 2.45) is 0 Å². The predicted octanol–water partition coefficient (Wildman–Crippen LogP) is 2.45. The van der Waals surface area contributed by atoms with Gasteiger partial charge < -0.3 is 5.11 Å². The first-order valence-electron chi connectivity index (χ1n) is 3.88. The minimum Gasteiger partial charge on any atom is -0.388 e. The van der Waals surface area contributed by atoms with Gasteiger partial charge in [-0.1, -0.05) is 37.8 Å². The van der Waals surface area contributed by atoms with E-state index in [0.29, 0.717) is 0 Å². The molecular weight excluding hydrogens is 136 g/mol. The largest absolute Gasteiger partial charge is 0.388 e. The molecule has 0 amide bonds. The number of aliphatic hydroxyl groups is 1. The Labute approximate surface area is 68.7 Å². The highest BCUT2D eigenvalue weighted by Gasteiger charge is 1.99. The first-order chi connectivity index (χ1) is 5.22. The van der Waals surface area contributed by atoms with Gasteiger partial charge in [-0.15, -0.1) is 0 Å². The summed E-state index contributed by atoms with van der Waals surface area (Å²) in [6.07, 6.45) is 7.88. The van der Waals surface area contributed by atoms with Gasteiger partial charge in [0.2, 0.25) is 0 Å². The van der Waals surface area contributed by atoms with Crippen LogP contribution in [0.4, 0.5) is 0 Å². The fourth-order valence-electron chi connectivity index (χ4n) is 0.664.